The summed E-state index contributed by atoms with van der Waals surface area (Å²) in [5.41, 5.74) is 8.04. The predicted octanol–water partition coefficient (Wildman–Crippen LogP) is 2.35. The second-order valence-electron chi connectivity index (χ2n) is 7.46. The number of nitrogens with two attached hydrogens (primary N) is 1. The zero-order valence-corrected chi connectivity index (χ0v) is 17.8. The average Bonchev–Trinajstić information content (AvgIpc) is 3.14. The molecular weight excluding hydrogens is 410 g/mol. The highest BCUT2D eigenvalue weighted by atomic mass is 16.5. The highest BCUT2D eigenvalue weighted by Crippen LogP contribution is 2.20. The third kappa shape index (κ3) is 3.85. The Balaban J connectivity index is 1.80. The molecule has 0 aliphatic rings. The van der Waals surface area contributed by atoms with Crippen molar-refractivity contribution in [1.82, 2.24) is 14.0 Å². The lowest BCUT2D eigenvalue weighted by atomic mass is 10.2. The number of methoxy groups -OCH3 is 1. The number of aromatic nitrogens is 3. The molecule has 3 aromatic heterocycles. The molecule has 0 fully saturated rings. The van der Waals surface area contributed by atoms with Crippen molar-refractivity contribution >= 4 is 34.2 Å². The van der Waals surface area contributed by atoms with E-state index in [0.717, 1.165) is 5.56 Å². The molecule has 4 aromatic rings. The summed E-state index contributed by atoms with van der Waals surface area (Å²) in [7, 11) is 1.61. The molecule has 0 atom stereocenters. The molecular formula is C23H23N5O4. The minimum absolute atomic E-state index is 0.237. The van der Waals surface area contributed by atoms with Gasteiger partial charge in [0.05, 0.1) is 5.39 Å². The lowest BCUT2D eigenvalue weighted by Gasteiger charge is -2.11. The van der Waals surface area contributed by atoms with Crippen molar-refractivity contribution in [3.63, 3.8) is 0 Å². The molecule has 0 saturated carbocycles. The smallest absolute Gasteiger partial charge is 0.272 e. The number of hydrogen-bond donors (Lipinski definition) is 2. The molecule has 2 amide bonds. The van der Waals surface area contributed by atoms with Gasteiger partial charge in [0.15, 0.2) is 0 Å². The average molecular weight is 433 g/mol. The van der Waals surface area contributed by atoms with Gasteiger partial charge in [0.1, 0.15) is 17.0 Å². The molecule has 0 bridgehead atoms. The number of nitrogens with one attached hydrogen (secondary N) is 1. The van der Waals surface area contributed by atoms with Crippen LogP contribution in [0.5, 0.6) is 0 Å². The van der Waals surface area contributed by atoms with Crippen LogP contribution in [0.3, 0.4) is 0 Å². The summed E-state index contributed by atoms with van der Waals surface area (Å²) in [4.78, 5) is 42.2. The number of nitrogens with zero attached hydrogens (tertiary/aromatic N) is 3. The van der Waals surface area contributed by atoms with E-state index >= 15 is 0 Å². The van der Waals surface area contributed by atoms with Gasteiger partial charge in [-0.05, 0) is 55.3 Å². The van der Waals surface area contributed by atoms with Crippen LogP contribution in [0.15, 0.2) is 53.5 Å². The number of rotatable bonds is 7. The van der Waals surface area contributed by atoms with Gasteiger partial charge < -0.3 is 20.4 Å². The highest BCUT2D eigenvalue weighted by molar-refractivity contribution is 6.06. The zero-order valence-electron chi connectivity index (χ0n) is 17.8. The number of fused-ring (bicyclic) bond motifs is 2. The maximum absolute atomic E-state index is 13.1. The maximum Gasteiger partial charge on any atom is 0.272 e. The molecule has 164 valence electrons. The Morgan fingerprint density at radius 2 is 1.91 bits per heavy atom. The SMILES string of the molecule is COCCCn1c(C(=O)Nc2ccc(C(N)=O)cc2)cc2c(=O)n3cccc(C)c3nc21. The molecule has 3 heterocycles. The first kappa shape index (κ1) is 21.3. The van der Waals surface area contributed by atoms with Crippen LogP contribution in [0, 0.1) is 6.92 Å². The van der Waals surface area contributed by atoms with Gasteiger partial charge in [-0.15, -0.1) is 0 Å². The number of amides is 2. The van der Waals surface area contributed by atoms with Crippen LogP contribution in [-0.2, 0) is 11.3 Å². The van der Waals surface area contributed by atoms with Gasteiger partial charge in [-0.2, -0.15) is 0 Å². The number of anilines is 1. The lowest BCUT2D eigenvalue weighted by molar-refractivity contribution is 0.0997. The molecule has 0 aliphatic heterocycles. The van der Waals surface area contributed by atoms with E-state index in [1.807, 2.05) is 13.0 Å². The topological polar surface area (TPSA) is 121 Å². The second-order valence-corrected chi connectivity index (χ2v) is 7.46. The van der Waals surface area contributed by atoms with Crippen LogP contribution in [0.25, 0.3) is 16.7 Å². The lowest BCUT2D eigenvalue weighted by Crippen LogP contribution is -2.19. The first-order valence-electron chi connectivity index (χ1n) is 10.1. The van der Waals surface area contributed by atoms with Crippen molar-refractivity contribution < 1.29 is 14.3 Å². The van der Waals surface area contributed by atoms with Gasteiger partial charge in [0, 0.05) is 37.7 Å². The summed E-state index contributed by atoms with van der Waals surface area (Å²) >= 11 is 0. The van der Waals surface area contributed by atoms with Crippen molar-refractivity contribution in [3.05, 3.63) is 75.8 Å². The third-order valence-electron chi connectivity index (χ3n) is 5.28. The summed E-state index contributed by atoms with van der Waals surface area (Å²) in [5.74, 6) is -0.938. The van der Waals surface area contributed by atoms with E-state index in [1.54, 1.807) is 42.1 Å². The largest absolute Gasteiger partial charge is 0.385 e. The molecule has 1 aromatic carbocycles. The Kier molecular flexibility index (Phi) is 5.74. The van der Waals surface area contributed by atoms with Gasteiger partial charge in [0.25, 0.3) is 11.5 Å². The second kappa shape index (κ2) is 8.64. The standard InChI is InChI=1S/C23H23N5O4/c1-14-5-3-10-28-20(14)26-21-17(23(28)31)13-18(27(21)11-4-12-32-2)22(30)25-16-8-6-15(7-9-16)19(24)29/h3,5-10,13H,4,11-12H2,1-2H3,(H2,24,29)(H,25,30). The Morgan fingerprint density at radius 3 is 2.59 bits per heavy atom. The molecule has 3 N–H and O–H groups in total. The van der Waals surface area contributed by atoms with Crippen LogP contribution in [-0.4, -0.2) is 39.5 Å². The van der Waals surface area contributed by atoms with E-state index in [0.29, 0.717) is 53.2 Å². The maximum atomic E-state index is 13.1. The molecule has 32 heavy (non-hydrogen) atoms. The van der Waals surface area contributed by atoms with Crippen LogP contribution in [0.2, 0.25) is 0 Å². The molecule has 9 nitrogen and oxygen atoms in total. The summed E-state index contributed by atoms with van der Waals surface area (Å²) < 4.78 is 8.39. The summed E-state index contributed by atoms with van der Waals surface area (Å²) in [6.45, 7) is 2.84. The molecule has 0 aliphatic carbocycles. The molecule has 0 spiro atoms. The van der Waals surface area contributed by atoms with Crippen LogP contribution >= 0.6 is 0 Å². The Hall–Kier alpha value is -3.98. The molecule has 0 unspecified atom stereocenters. The van der Waals surface area contributed by atoms with Gasteiger partial charge >= 0.3 is 0 Å². The minimum atomic E-state index is -0.546. The zero-order chi connectivity index (χ0) is 22.8. The fraction of sp³-hybridized carbons (Fsp3) is 0.217. The van der Waals surface area contributed by atoms with Crippen molar-refractivity contribution in [2.45, 2.75) is 19.9 Å². The minimum Gasteiger partial charge on any atom is -0.385 e. The van der Waals surface area contributed by atoms with Crippen LogP contribution < -0.4 is 16.6 Å². The Morgan fingerprint density at radius 1 is 1.16 bits per heavy atom. The highest BCUT2D eigenvalue weighted by Gasteiger charge is 2.20. The van der Waals surface area contributed by atoms with Crippen molar-refractivity contribution in [2.75, 3.05) is 19.0 Å². The number of ether oxygens (including phenoxy) is 1. The van der Waals surface area contributed by atoms with E-state index in [2.05, 4.69) is 5.32 Å². The van der Waals surface area contributed by atoms with Gasteiger partial charge in [-0.25, -0.2) is 4.98 Å². The van der Waals surface area contributed by atoms with Crippen molar-refractivity contribution in [3.8, 4) is 0 Å². The Labute approximate surface area is 183 Å². The normalized spacial score (nSPS) is 11.2. The molecule has 4 rings (SSSR count). The van der Waals surface area contributed by atoms with E-state index in [-0.39, 0.29) is 5.56 Å². The predicted molar refractivity (Wildman–Crippen MR) is 121 cm³/mol. The van der Waals surface area contributed by atoms with Crippen LogP contribution in [0.4, 0.5) is 5.69 Å². The number of benzene rings is 1. The summed E-state index contributed by atoms with van der Waals surface area (Å²) in [6.07, 6.45) is 2.31. The quantitative estimate of drug-likeness (QED) is 0.434. The van der Waals surface area contributed by atoms with Gasteiger partial charge in [-0.1, -0.05) is 6.07 Å². The number of carbonyl (C=O) groups is 2. The Bertz CT molecular complexity index is 1390. The van der Waals surface area contributed by atoms with Crippen molar-refractivity contribution in [2.24, 2.45) is 5.73 Å². The molecule has 9 heteroatoms. The fourth-order valence-corrected chi connectivity index (χ4v) is 3.66. The van der Waals surface area contributed by atoms with E-state index in [9.17, 15) is 14.4 Å². The number of aryl methyl sites for hydroxylation is 2. The summed E-state index contributed by atoms with van der Waals surface area (Å²) in [5, 5.41) is 3.17. The number of carbonyl (C=O) groups excluding carboxylic acids is 2. The first-order valence-corrected chi connectivity index (χ1v) is 10.1. The van der Waals surface area contributed by atoms with E-state index in [1.165, 1.54) is 16.5 Å². The molecule has 0 radical (unpaired) electrons. The van der Waals surface area contributed by atoms with E-state index < -0.39 is 11.8 Å². The monoisotopic (exact) mass is 433 g/mol. The van der Waals surface area contributed by atoms with Gasteiger partial charge in [-0.3, -0.25) is 18.8 Å². The fourth-order valence-electron chi connectivity index (χ4n) is 3.66. The van der Waals surface area contributed by atoms with Gasteiger partial charge in [0.2, 0.25) is 5.91 Å². The summed E-state index contributed by atoms with van der Waals surface area (Å²) in [6, 6.07) is 11.5. The first-order chi connectivity index (χ1) is 15.4. The molecule has 0 saturated heterocycles. The van der Waals surface area contributed by atoms with Crippen molar-refractivity contribution in [1.29, 1.82) is 0 Å². The number of hydrogen-bond acceptors (Lipinski definition) is 5. The third-order valence-corrected chi connectivity index (χ3v) is 5.28. The van der Waals surface area contributed by atoms with Crippen LogP contribution in [0.1, 0.15) is 32.8 Å². The number of pyridine rings is 1. The van der Waals surface area contributed by atoms with E-state index in [4.69, 9.17) is 15.5 Å². The number of primary amides is 1.